The van der Waals surface area contributed by atoms with Crippen LogP contribution in [0.5, 0.6) is 17.2 Å². The maximum absolute atomic E-state index is 13.8. The van der Waals surface area contributed by atoms with Gasteiger partial charge in [-0.25, -0.2) is 0 Å². The van der Waals surface area contributed by atoms with Crippen LogP contribution in [0, 0.1) is 0 Å². The van der Waals surface area contributed by atoms with Crippen molar-refractivity contribution in [2.75, 3.05) is 36.7 Å². The van der Waals surface area contributed by atoms with Crippen LogP contribution in [0.1, 0.15) is 34.9 Å². The Morgan fingerprint density at radius 3 is 2.63 bits per heavy atom. The second-order valence-corrected chi connectivity index (χ2v) is 8.72. The summed E-state index contributed by atoms with van der Waals surface area (Å²) in [4.78, 5) is 29.9. The summed E-state index contributed by atoms with van der Waals surface area (Å²) < 4.78 is 17.1. The highest BCUT2D eigenvalue weighted by atomic mass is 16.7. The number of hydrogen-bond donors (Lipinski definition) is 1. The van der Waals surface area contributed by atoms with Crippen molar-refractivity contribution in [1.82, 2.24) is 4.90 Å². The van der Waals surface area contributed by atoms with Crippen LogP contribution in [0.3, 0.4) is 0 Å². The van der Waals surface area contributed by atoms with Crippen molar-refractivity contribution < 1.29 is 23.8 Å². The number of anilines is 2. The Hall–Kier alpha value is -4.20. The highest BCUT2D eigenvalue weighted by Crippen LogP contribution is 2.42. The predicted octanol–water partition coefficient (Wildman–Crippen LogP) is 4.19. The molecule has 178 valence electrons. The van der Waals surface area contributed by atoms with Gasteiger partial charge in [0.15, 0.2) is 18.1 Å². The topological polar surface area (TPSA) is 80.3 Å². The second-order valence-electron chi connectivity index (χ2n) is 8.72. The summed E-state index contributed by atoms with van der Waals surface area (Å²) in [5.74, 6) is 1.62. The lowest BCUT2D eigenvalue weighted by Crippen LogP contribution is -2.43. The molecule has 3 aromatic rings. The lowest BCUT2D eigenvalue weighted by molar-refractivity contribution is -0.132. The van der Waals surface area contributed by atoms with Crippen LogP contribution >= 0.6 is 0 Å². The van der Waals surface area contributed by atoms with E-state index in [4.69, 9.17) is 14.2 Å². The van der Waals surface area contributed by atoms with Crippen LogP contribution in [-0.2, 0) is 4.79 Å². The molecule has 0 aromatic heterocycles. The molecule has 2 amide bonds. The number of likely N-dealkylation sites (tertiary alicyclic amines) is 1. The molecular formula is C27H25N3O5. The van der Waals surface area contributed by atoms with Gasteiger partial charge in [-0.3, -0.25) is 14.5 Å². The van der Waals surface area contributed by atoms with Gasteiger partial charge in [-0.2, -0.15) is 0 Å². The number of rotatable bonds is 5. The molecule has 0 spiro atoms. The molecule has 3 aromatic carbocycles. The Balaban J connectivity index is 1.37. The molecule has 0 saturated carbocycles. The molecule has 3 heterocycles. The highest BCUT2D eigenvalue weighted by molar-refractivity contribution is 6.12. The van der Waals surface area contributed by atoms with Crippen molar-refractivity contribution in [3.63, 3.8) is 0 Å². The zero-order valence-corrected chi connectivity index (χ0v) is 19.1. The molecule has 8 heteroatoms. The van der Waals surface area contributed by atoms with Crippen LogP contribution in [-0.4, -0.2) is 43.2 Å². The molecule has 3 aliphatic heterocycles. The van der Waals surface area contributed by atoms with Crippen LogP contribution in [0.4, 0.5) is 11.4 Å². The van der Waals surface area contributed by atoms with Crippen molar-refractivity contribution in [3.8, 4) is 17.2 Å². The van der Waals surface area contributed by atoms with Gasteiger partial charge in [0.2, 0.25) is 6.79 Å². The van der Waals surface area contributed by atoms with Gasteiger partial charge in [0.05, 0.1) is 11.3 Å². The summed E-state index contributed by atoms with van der Waals surface area (Å²) in [5, 5.41) is 3.50. The Kier molecular flexibility index (Phi) is 5.41. The third-order valence-corrected chi connectivity index (χ3v) is 6.58. The van der Waals surface area contributed by atoms with Crippen LogP contribution in [0.15, 0.2) is 66.7 Å². The minimum Gasteiger partial charge on any atom is -0.483 e. The number of para-hydroxylation sites is 2. The smallest absolute Gasteiger partial charge is 0.262 e. The molecule has 1 unspecified atom stereocenters. The number of ether oxygens (including phenoxy) is 3. The first-order valence-corrected chi connectivity index (χ1v) is 11.8. The van der Waals surface area contributed by atoms with E-state index in [1.165, 1.54) is 0 Å². The summed E-state index contributed by atoms with van der Waals surface area (Å²) in [7, 11) is 0. The molecule has 1 fully saturated rings. The number of fused-ring (bicyclic) bond motifs is 2. The van der Waals surface area contributed by atoms with Gasteiger partial charge in [0.1, 0.15) is 11.9 Å². The lowest BCUT2D eigenvalue weighted by Gasteiger charge is -2.38. The number of hydrogen-bond acceptors (Lipinski definition) is 6. The zero-order chi connectivity index (χ0) is 23.8. The summed E-state index contributed by atoms with van der Waals surface area (Å²) in [6.45, 7) is 1.66. The van der Waals surface area contributed by atoms with E-state index in [-0.39, 0.29) is 25.2 Å². The molecule has 6 rings (SSSR count). The van der Waals surface area contributed by atoms with Crippen LogP contribution in [0.2, 0.25) is 0 Å². The average Bonchev–Trinajstić information content (AvgIpc) is 3.59. The third-order valence-electron chi connectivity index (χ3n) is 6.58. The van der Waals surface area contributed by atoms with Gasteiger partial charge < -0.3 is 24.4 Å². The Morgan fingerprint density at radius 1 is 0.971 bits per heavy atom. The van der Waals surface area contributed by atoms with Crippen LogP contribution in [0.25, 0.3) is 0 Å². The fourth-order valence-electron chi connectivity index (χ4n) is 4.81. The number of carbonyl (C=O) groups is 2. The average molecular weight is 472 g/mol. The molecule has 1 N–H and O–H groups in total. The third kappa shape index (κ3) is 3.90. The number of nitrogens with zero attached hydrogens (tertiary/aromatic N) is 2. The zero-order valence-electron chi connectivity index (χ0n) is 19.1. The molecule has 0 radical (unpaired) electrons. The minimum absolute atomic E-state index is 0.0250. The number of carbonyl (C=O) groups excluding carboxylic acids is 2. The van der Waals surface area contributed by atoms with E-state index in [2.05, 4.69) is 5.32 Å². The maximum Gasteiger partial charge on any atom is 0.262 e. The van der Waals surface area contributed by atoms with E-state index in [9.17, 15) is 9.59 Å². The van der Waals surface area contributed by atoms with Crippen molar-refractivity contribution in [2.45, 2.75) is 19.0 Å². The predicted molar refractivity (Wildman–Crippen MR) is 130 cm³/mol. The fourth-order valence-corrected chi connectivity index (χ4v) is 4.81. The molecule has 1 saturated heterocycles. The van der Waals surface area contributed by atoms with E-state index in [1.54, 1.807) is 17.0 Å². The molecule has 0 aliphatic carbocycles. The van der Waals surface area contributed by atoms with Crippen molar-refractivity contribution in [1.29, 1.82) is 0 Å². The van der Waals surface area contributed by atoms with Crippen molar-refractivity contribution in [2.24, 2.45) is 0 Å². The van der Waals surface area contributed by atoms with Crippen LogP contribution < -0.4 is 24.4 Å². The van der Waals surface area contributed by atoms with Gasteiger partial charge in [-0.05, 0) is 43.2 Å². The number of nitrogens with one attached hydrogen (secondary N) is 1. The summed E-state index contributed by atoms with van der Waals surface area (Å²) >= 11 is 0. The second kappa shape index (κ2) is 8.87. The van der Waals surface area contributed by atoms with Gasteiger partial charge >= 0.3 is 0 Å². The van der Waals surface area contributed by atoms with E-state index >= 15 is 0 Å². The fraction of sp³-hybridized carbons (Fsp3) is 0.259. The molecule has 0 bridgehead atoms. The number of benzene rings is 3. The van der Waals surface area contributed by atoms with Gasteiger partial charge in [-0.15, -0.1) is 0 Å². The standard InChI is InChI=1S/C27H25N3O5/c31-25(29-13-5-6-14-29)16-33-22-10-4-2-8-20(22)26-28-21-9-3-1-7-19(21)27(32)30(26)18-11-12-23-24(15-18)35-17-34-23/h1-4,7-12,15,26,28H,5-6,13-14,16-17H2. The summed E-state index contributed by atoms with van der Waals surface area (Å²) in [5.41, 5.74) is 2.72. The van der Waals surface area contributed by atoms with E-state index in [1.807, 2.05) is 59.5 Å². The van der Waals surface area contributed by atoms with E-state index < -0.39 is 6.17 Å². The van der Waals surface area contributed by atoms with Gasteiger partial charge in [0, 0.05) is 30.4 Å². The first-order chi connectivity index (χ1) is 17.2. The lowest BCUT2D eigenvalue weighted by atomic mass is 10.0. The van der Waals surface area contributed by atoms with E-state index in [0.717, 1.165) is 37.2 Å². The molecule has 35 heavy (non-hydrogen) atoms. The Bertz CT molecular complexity index is 1290. The summed E-state index contributed by atoms with van der Waals surface area (Å²) in [6, 6.07) is 20.4. The van der Waals surface area contributed by atoms with Crippen molar-refractivity contribution >= 4 is 23.2 Å². The van der Waals surface area contributed by atoms with E-state index in [0.29, 0.717) is 28.5 Å². The molecule has 1 atom stereocenters. The largest absolute Gasteiger partial charge is 0.483 e. The maximum atomic E-state index is 13.8. The Morgan fingerprint density at radius 2 is 1.74 bits per heavy atom. The molecular weight excluding hydrogens is 446 g/mol. The van der Waals surface area contributed by atoms with Crippen molar-refractivity contribution in [3.05, 3.63) is 77.9 Å². The quantitative estimate of drug-likeness (QED) is 0.601. The first-order valence-electron chi connectivity index (χ1n) is 11.8. The normalized spacial score (nSPS) is 18.3. The highest BCUT2D eigenvalue weighted by Gasteiger charge is 2.36. The number of amides is 2. The van der Waals surface area contributed by atoms with Gasteiger partial charge in [-0.1, -0.05) is 30.3 Å². The monoisotopic (exact) mass is 471 g/mol. The minimum atomic E-state index is -0.559. The molecule has 8 nitrogen and oxygen atoms in total. The Labute approximate surface area is 203 Å². The first kappa shape index (κ1) is 21.3. The summed E-state index contributed by atoms with van der Waals surface area (Å²) in [6.07, 6.45) is 1.50. The SMILES string of the molecule is O=C(COc1ccccc1C1Nc2ccccc2C(=O)N1c1ccc2c(c1)OCO2)N1CCCC1. The van der Waals surface area contributed by atoms with Gasteiger partial charge in [0.25, 0.3) is 11.8 Å². The molecule has 3 aliphatic rings.